The van der Waals surface area contributed by atoms with Gasteiger partial charge in [-0.25, -0.2) is 0 Å². The van der Waals surface area contributed by atoms with E-state index in [1.54, 1.807) is 14.2 Å². The summed E-state index contributed by atoms with van der Waals surface area (Å²) in [6.07, 6.45) is 0.865. The molecule has 144 valence electrons. The van der Waals surface area contributed by atoms with Gasteiger partial charge in [0.25, 0.3) is 0 Å². The van der Waals surface area contributed by atoms with Gasteiger partial charge in [0.05, 0.1) is 25.6 Å². The van der Waals surface area contributed by atoms with E-state index in [9.17, 15) is 0 Å². The average molecular weight is 378 g/mol. The summed E-state index contributed by atoms with van der Waals surface area (Å²) in [5.74, 6) is 2.40. The third-order valence-electron chi connectivity index (χ3n) is 4.53. The molecule has 7 heteroatoms. The summed E-state index contributed by atoms with van der Waals surface area (Å²) in [5.41, 5.74) is 3.93. The highest BCUT2D eigenvalue weighted by Crippen LogP contribution is 2.34. The highest BCUT2D eigenvalue weighted by Gasteiger charge is 2.14. The molecular formula is C21H22N4O3. The predicted molar refractivity (Wildman–Crippen MR) is 108 cm³/mol. The summed E-state index contributed by atoms with van der Waals surface area (Å²) >= 11 is 0. The van der Waals surface area contributed by atoms with Gasteiger partial charge in [0.1, 0.15) is 17.3 Å². The molecule has 4 rings (SSSR count). The Balaban J connectivity index is 1.48. The van der Waals surface area contributed by atoms with Crippen LogP contribution in [0.3, 0.4) is 0 Å². The molecule has 0 radical (unpaired) electrons. The van der Waals surface area contributed by atoms with Gasteiger partial charge in [0.15, 0.2) is 6.73 Å². The minimum atomic E-state index is 0.323. The first-order valence-electron chi connectivity index (χ1n) is 9.06. The minimum Gasteiger partial charge on any atom is -0.497 e. The molecule has 0 unspecified atom stereocenters. The lowest BCUT2D eigenvalue weighted by Gasteiger charge is -2.10. The molecule has 3 aromatic rings. The number of hydrogen-bond acceptors (Lipinski definition) is 7. The number of nitrogens with zero attached hydrogens (tertiary/aromatic N) is 2. The molecule has 0 aliphatic carbocycles. The Morgan fingerprint density at radius 2 is 1.89 bits per heavy atom. The number of benzene rings is 2. The summed E-state index contributed by atoms with van der Waals surface area (Å²) in [7, 11) is 3.23. The average Bonchev–Trinajstić information content (AvgIpc) is 3.22. The normalized spacial score (nSPS) is 11.9. The number of aromatic nitrogens is 2. The number of nitrogens with one attached hydrogen (secondary N) is 2. The Morgan fingerprint density at radius 1 is 1.04 bits per heavy atom. The van der Waals surface area contributed by atoms with E-state index >= 15 is 0 Å². The van der Waals surface area contributed by atoms with Crippen molar-refractivity contribution in [3.63, 3.8) is 0 Å². The van der Waals surface area contributed by atoms with E-state index in [-0.39, 0.29) is 0 Å². The molecule has 0 saturated carbocycles. The minimum absolute atomic E-state index is 0.323. The molecule has 1 aliphatic rings. The van der Waals surface area contributed by atoms with Crippen LogP contribution in [0.15, 0.2) is 48.5 Å². The van der Waals surface area contributed by atoms with Crippen LogP contribution in [0.2, 0.25) is 0 Å². The van der Waals surface area contributed by atoms with Crippen molar-refractivity contribution in [1.29, 1.82) is 0 Å². The molecule has 0 saturated heterocycles. The van der Waals surface area contributed by atoms with Crippen LogP contribution in [0, 0.1) is 0 Å². The standard InChI is InChI=1S/C21H22N4O3/c1-26-16-6-3-14(4-7-16)9-10-22-20-12-18(24-21(25-20)27-2)15-5-8-17-19(11-15)28-13-23-17/h3-8,11-12,23H,9-10,13H2,1-2H3,(H,22,24,25). The van der Waals surface area contributed by atoms with Crippen LogP contribution >= 0.6 is 0 Å². The third-order valence-corrected chi connectivity index (χ3v) is 4.53. The molecule has 7 nitrogen and oxygen atoms in total. The topological polar surface area (TPSA) is 77.5 Å². The van der Waals surface area contributed by atoms with Gasteiger partial charge in [-0.05, 0) is 36.2 Å². The molecule has 0 bridgehead atoms. The Kier molecular flexibility index (Phi) is 5.14. The summed E-state index contributed by atoms with van der Waals surface area (Å²) < 4.78 is 16.0. The molecule has 1 aliphatic heterocycles. The fraction of sp³-hybridized carbons (Fsp3) is 0.238. The van der Waals surface area contributed by atoms with Crippen LogP contribution in [0.25, 0.3) is 11.3 Å². The quantitative estimate of drug-likeness (QED) is 0.651. The van der Waals surface area contributed by atoms with Crippen LogP contribution in [0.1, 0.15) is 5.56 Å². The van der Waals surface area contributed by atoms with Gasteiger partial charge < -0.3 is 24.8 Å². The molecule has 2 heterocycles. The van der Waals surface area contributed by atoms with Crippen LogP contribution in [-0.2, 0) is 6.42 Å². The number of fused-ring (bicyclic) bond motifs is 1. The Bertz CT molecular complexity index is 960. The number of ether oxygens (including phenoxy) is 3. The maximum Gasteiger partial charge on any atom is 0.318 e. The largest absolute Gasteiger partial charge is 0.497 e. The summed E-state index contributed by atoms with van der Waals surface area (Å²) in [6.45, 7) is 1.23. The summed E-state index contributed by atoms with van der Waals surface area (Å²) in [5, 5.41) is 6.52. The second-order valence-electron chi connectivity index (χ2n) is 6.33. The van der Waals surface area contributed by atoms with Crippen molar-refractivity contribution < 1.29 is 14.2 Å². The molecule has 1 aromatic heterocycles. The lowest BCUT2D eigenvalue weighted by molar-refractivity contribution is 0.372. The summed E-state index contributed by atoms with van der Waals surface area (Å²) in [4.78, 5) is 8.87. The number of methoxy groups -OCH3 is 2. The van der Waals surface area contributed by atoms with E-state index in [0.29, 0.717) is 12.7 Å². The first kappa shape index (κ1) is 17.9. The van der Waals surface area contributed by atoms with Crippen LogP contribution in [0.4, 0.5) is 11.5 Å². The molecule has 2 aromatic carbocycles. The smallest absolute Gasteiger partial charge is 0.318 e. The van der Waals surface area contributed by atoms with Crippen LogP contribution < -0.4 is 24.8 Å². The molecule has 0 spiro atoms. The summed E-state index contributed by atoms with van der Waals surface area (Å²) in [6, 6.07) is 16.3. The van der Waals surface area contributed by atoms with Gasteiger partial charge >= 0.3 is 6.01 Å². The lowest BCUT2D eigenvalue weighted by atomic mass is 10.1. The van der Waals surface area contributed by atoms with Gasteiger partial charge in [-0.1, -0.05) is 18.2 Å². The lowest BCUT2D eigenvalue weighted by Crippen LogP contribution is -2.08. The molecule has 0 amide bonds. The number of rotatable bonds is 7. The fourth-order valence-corrected chi connectivity index (χ4v) is 3.02. The molecule has 28 heavy (non-hydrogen) atoms. The Morgan fingerprint density at radius 3 is 2.68 bits per heavy atom. The van der Waals surface area contributed by atoms with Gasteiger partial charge in [-0.15, -0.1) is 0 Å². The van der Waals surface area contributed by atoms with E-state index in [2.05, 4.69) is 32.7 Å². The maximum absolute atomic E-state index is 5.57. The van der Waals surface area contributed by atoms with E-state index in [0.717, 1.165) is 47.2 Å². The predicted octanol–water partition coefficient (Wildman–Crippen LogP) is 3.58. The first-order chi connectivity index (χ1) is 13.7. The highest BCUT2D eigenvalue weighted by atomic mass is 16.5. The van der Waals surface area contributed by atoms with E-state index in [1.807, 2.05) is 36.4 Å². The van der Waals surface area contributed by atoms with Crippen molar-refractivity contribution >= 4 is 11.5 Å². The second-order valence-corrected chi connectivity index (χ2v) is 6.33. The van der Waals surface area contributed by atoms with Crippen molar-refractivity contribution in [2.24, 2.45) is 0 Å². The van der Waals surface area contributed by atoms with Crippen molar-refractivity contribution in [2.45, 2.75) is 6.42 Å². The number of anilines is 2. The van der Waals surface area contributed by atoms with E-state index < -0.39 is 0 Å². The molecular weight excluding hydrogens is 356 g/mol. The van der Waals surface area contributed by atoms with Crippen molar-refractivity contribution in [3.05, 3.63) is 54.1 Å². The molecule has 0 atom stereocenters. The van der Waals surface area contributed by atoms with Crippen LogP contribution in [-0.4, -0.2) is 37.5 Å². The zero-order valence-electron chi connectivity index (χ0n) is 15.9. The van der Waals surface area contributed by atoms with Gasteiger partial charge in [0, 0.05) is 18.2 Å². The van der Waals surface area contributed by atoms with Gasteiger partial charge in [0.2, 0.25) is 0 Å². The monoisotopic (exact) mass is 378 g/mol. The fourth-order valence-electron chi connectivity index (χ4n) is 3.02. The molecule has 0 fully saturated rings. The van der Waals surface area contributed by atoms with Gasteiger partial charge in [-0.3, -0.25) is 0 Å². The Hall–Kier alpha value is -3.48. The van der Waals surface area contributed by atoms with Crippen molar-refractivity contribution in [3.8, 4) is 28.8 Å². The van der Waals surface area contributed by atoms with E-state index in [4.69, 9.17) is 14.2 Å². The van der Waals surface area contributed by atoms with Crippen molar-refractivity contribution in [1.82, 2.24) is 9.97 Å². The SMILES string of the molecule is COc1ccc(CCNc2cc(-c3ccc4c(c3)OCN4)nc(OC)n2)cc1. The van der Waals surface area contributed by atoms with Gasteiger partial charge in [-0.2, -0.15) is 9.97 Å². The zero-order valence-corrected chi connectivity index (χ0v) is 15.9. The van der Waals surface area contributed by atoms with E-state index in [1.165, 1.54) is 5.56 Å². The van der Waals surface area contributed by atoms with Crippen LogP contribution in [0.5, 0.6) is 17.5 Å². The Labute approximate surface area is 163 Å². The zero-order chi connectivity index (χ0) is 19.3. The second kappa shape index (κ2) is 8.04. The maximum atomic E-state index is 5.57. The third kappa shape index (κ3) is 3.93. The molecule has 2 N–H and O–H groups in total. The highest BCUT2D eigenvalue weighted by molar-refractivity contribution is 5.71. The van der Waals surface area contributed by atoms with Crippen molar-refractivity contribution in [2.75, 3.05) is 38.1 Å². The number of hydrogen-bond donors (Lipinski definition) is 2. The first-order valence-corrected chi connectivity index (χ1v) is 9.06.